The van der Waals surface area contributed by atoms with E-state index < -0.39 is 0 Å². The van der Waals surface area contributed by atoms with E-state index in [0.29, 0.717) is 22.9 Å². The molecule has 2 aromatic carbocycles. The molecule has 0 fully saturated rings. The number of nitrogens with two attached hydrogens (primary N) is 1. The lowest BCUT2D eigenvalue weighted by molar-refractivity contribution is 0.102. The van der Waals surface area contributed by atoms with Gasteiger partial charge in [0, 0.05) is 10.4 Å². The van der Waals surface area contributed by atoms with Crippen molar-refractivity contribution in [1.82, 2.24) is 0 Å². The molecule has 24 heavy (non-hydrogen) atoms. The number of nitrogen functional groups attached to an aromatic ring is 1. The molecule has 0 aliphatic carbocycles. The van der Waals surface area contributed by atoms with Crippen LogP contribution in [0.25, 0.3) is 10.4 Å². The SMILES string of the molecule is CC(C)c1ccc(C(=O)Nc2cc(-c3cccs3)ccc2N)cc1. The number of amides is 1. The molecular weight excluding hydrogens is 316 g/mol. The third-order valence-electron chi connectivity index (χ3n) is 3.95. The maximum atomic E-state index is 12.5. The van der Waals surface area contributed by atoms with Gasteiger partial charge < -0.3 is 11.1 Å². The molecule has 0 saturated carbocycles. The predicted molar refractivity (Wildman–Crippen MR) is 103 cm³/mol. The summed E-state index contributed by atoms with van der Waals surface area (Å²) >= 11 is 1.66. The number of thiophene rings is 1. The van der Waals surface area contributed by atoms with Crippen LogP contribution in [0.4, 0.5) is 11.4 Å². The molecule has 0 saturated heterocycles. The molecule has 4 heteroatoms. The zero-order valence-electron chi connectivity index (χ0n) is 13.7. The molecule has 0 radical (unpaired) electrons. The van der Waals surface area contributed by atoms with E-state index >= 15 is 0 Å². The van der Waals surface area contributed by atoms with Crippen molar-refractivity contribution in [3.05, 3.63) is 71.1 Å². The van der Waals surface area contributed by atoms with Crippen LogP contribution in [0.1, 0.15) is 35.7 Å². The van der Waals surface area contributed by atoms with E-state index in [1.807, 2.05) is 60.0 Å². The van der Waals surface area contributed by atoms with Crippen molar-refractivity contribution in [1.29, 1.82) is 0 Å². The number of rotatable bonds is 4. The fourth-order valence-electron chi connectivity index (χ4n) is 2.47. The average molecular weight is 336 g/mol. The van der Waals surface area contributed by atoms with Crippen LogP contribution in [-0.4, -0.2) is 5.91 Å². The van der Waals surface area contributed by atoms with Gasteiger partial charge in [-0.15, -0.1) is 11.3 Å². The first-order valence-electron chi connectivity index (χ1n) is 7.89. The van der Waals surface area contributed by atoms with Gasteiger partial charge in [0.25, 0.3) is 5.91 Å². The lowest BCUT2D eigenvalue weighted by Crippen LogP contribution is -2.13. The Hall–Kier alpha value is -2.59. The summed E-state index contributed by atoms with van der Waals surface area (Å²) in [5.41, 5.74) is 10.1. The summed E-state index contributed by atoms with van der Waals surface area (Å²) in [7, 11) is 0. The highest BCUT2D eigenvalue weighted by molar-refractivity contribution is 7.13. The Balaban J connectivity index is 1.82. The van der Waals surface area contributed by atoms with Gasteiger partial charge in [-0.05, 0) is 52.8 Å². The molecule has 1 heterocycles. The quantitative estimate of drug-likeness (QED) is 0.629. The van der Waals surface area contributed by atoms with Crippen LogP contribution in [0.3, 0.4) is 0 Å². The highest BCUT2D eigenvalue weighted by atomic mass is 32.1. The second-order valence-electron chi connectivity index (χ2n) is 6.01. The third-order valence-corrected chi connectivity index (χ3v) is 4.87. The molecule has 3 nitrogen and oxygen atoms in total. The second-order valence-corrected chi connectivity index (χ2v) is 6.96. The topological polar surface area (TPSA) is 55.1 Å². The molecule has 0 spiro atoms. The van der Waals surface area contributed by atoms with Gasteiger partial charge in [0.1, 0.15) is 0 Å². The smallest absolute Gasteiger partial charge is 0.255 e. The van der Waals surface area contributed by atoms with Crippen molar-refractivity contribution >= 4 is 28.6 Å². The first-order chi connectivity index (χ1) is 11.5. The fourth-order valence-corrected chi connectivity index (χ4v) is 3.20. The van der Waals surface area contributed by atoms with Crippen LogP contribution < -0.4 is 11.1 Å². The Labute approximate surface area is 146 Å². The van der Waals surface area contributed by atoms with Gasteiger partial charge in [0.15, 0.2) is 0 Å². The van der Waals surface area contributed by atoms with Gasteiger partial charge in [0.05, 0.1) is 11.4 Å². The molecule has 3 aromatic rings. The molecule has 0 aliphatic heterocycles. The largest absolute Gasteiger partial charge is 0.397 e. The summed E-state index contributed by atoms with van der Waals surface area (Å²) in [6.45, 7) is 4.26. The Bertz CT molecular complexity index is 837. The summed E-state index contributed by atoms with van der Waals surface area (Å²) < 4.78 is 0. The summed E-state index contributed by atoms with van der Waals surface area (Å²) in [5, 5.41) is 4.95. The zero-order chi connectivity index (χ0) is 17.1. The normalized spacial score (nSPS) is 10.8. The number of anilines is 2. The lowest BCUT2D eigenvalue weighted by atomic mass is 10.0. The van der Waals surface area contributed by atoms with E-state index in [1.165, 1.54) is 5.56 Å². The molecule has 3 N–H and O–H groups in total. The van der Waals surface area contributed by atoms with Gasteiger partial charge >= 0.3 is 0 Å². The monoisotopic (exact) mass is 336 g/mol. The van der Waals surface area contributed by atoms with Crippen LogP contribution in [0.5, 0.6) is 0 Å². The third kappa shape index (κ3) is 3.49. The minimum absolute atomic E-state index is 0.152. The average Bonchev–Trinajstić information content (AvgIpc) is 3.11. The maximum absolute atomic E-state index is 12.5. The standard InChI is InChI=1S/C20H20N2OS/c1-13(2)14-5-7-15(8-6-14)20(23)22-18-12-16(9-10-17(18)21)19-4-3-11-24-19/h3-13H,21H2,1-2H3,(H,22,23). The maximum Gasteiger partial charge on any atom is 0.255 e. The first-order valence-corrected chi connectivity index (χ1v) is 8.77. The van der Waals surface area contributed by atoms with Crippen molar-refractivity contribution in [2.45, 2.75) is 19.8 Å². The van der Waals surface area contributed by atoms with E-state index in [9.17, 15) is 4.79 Å². The Morgan fingerprint density at radius 3 is 2.46 bits per heavy atom. The van der Waals surface area contributed by atoms with Crippen LogP contribution in [0.15, 0.2) is 60.0 Å². The molecule has 3 rings (SSSR count). The van der Waals surface area contributed by atoms with Crippen LogP contribution in [-0.2, 0) is 0 Å². The minimum atomic E-state index is -0.152. The van der Waals surface area contributed by atoms with E-state index in [1.54, 1.807) is 11.3 Å². The van der Waals surface area contributed by atoms with Gasteiger partial charge in [-0.3, -0.25) is 4.79 Å². The molecule has 0 unspecified atom stereocenters. The molecule has 0 aliphatic rings. The molecule has 1 aromatic heterocycles. The number of hydrogen-bond acceptors (Lipinski definition) is 3. The lowest BCUT2D eigenvalue weighted by Gasteiger charge is -2.11. The number of carbonyl (C=O) groups is 1. The Morgan fingerprint density at radius 1 is 1.08 bits per heavy atom. The van der Waals surface area contributed by atoms with Crippen molar-refractivity contribution in [2.75, 3.05) is 11.1 Å². The zero-order valence-corrected chi connectivity index (χ0v) is 14.6. The van der Waals surface area contributed by atoms with E-state index in [0.717, 1.165) is 10.4 Å². The van der Waals surface area contributed by atoms with Gasteiger partial charge in [-0.25, -0.2) is 0 Å². The van der Waals surface area contributed by atoms with Crippen LogP contribution >= 0.6 is 11.3 Å². The van der Waals surface area contributed by atoms with Crippen LogP contribution in [0, 0.1) is 0 Å². The first kappa shape index (κ1) is 16.3. The van der Waals surface area contributed by atoms with Crippen molar-refractivity contribution in [3.8, 4) is 10.4 Å². The molecular formula is C20H20N2OS. The summed E-state index contributed by atoms with van der Waals surface area (Å²) in [6, 6.07) is 17.4. The van der Waals surface area contributed by atoms with E-state index in [-0.39, 0.29) is 5.91 Å². The van der Waals surface area contributed by atoms with Gasteiger partial charge in [-0.1, -0.05) is 38.1 Å². The van der Waals surface area contributed by atoms with E-state index in [4.69, 9.17) is 5.73 Å². The minimum Gasteiger partial charge on any atom is -0.397 e. The summed E-state index contributed by atoms with van der Waals surface area (Å²) in [5.74, 6) is 0.292. The number of nitrogens with one attached hydrogen (secondary N) is 1. The second kappa shape index (κ2) is 6.89. The van der Waals surface area contributed by atoms with Gasteiger partial charge in [-0.2, -0.15) is 0 Å². The van der Waals surface area contributed by atoms with Crippen molar-refractivity contribution < 1.29 is 4.79 Å². The van der Waals surface area contributed by atoms with Gasteiger partial charge in [0.2, 0.25) is 0 Å². The summed E-state index contributed by atoms with van der Waals surface area (Å²) in [4.78, 5) is 13.6. The fraction of sp³-hybridized carbons (Fsp3) is 0.150. The molecule has 122 valence electrons. The van der Waals surface area contributed by atoms with Crippen molar-refractivity contribution in [2.24, 2.45) is 0 Å². The van der Waals surface area contributed by atoms with Crippen LogP contribution in [0.2, 0.25) is 0 Å². The highest BCUT2D eigenvalue weighted by Gasteiger charge is 2.10. The molecule has 1 amide bonds. The van der Waals surface area contributed by atoms with E-state index in [2.05, 4.69) is 19.2 Å². The molecule has 0 atom stereocenters. The predicted octanol–water partition coefficient (Wildman–Crippen LogP) is 5.37. The summed E-state index contributed by atoms with van der Waals surface area (Å²) in [6.07, 6.45) is 0. The molecule has 0 bridgehead atoms. The number of benzene rings is 2. The highest BCUT2D eigenvalue weighted by Crippen LogP contribution is 2.30. The number of carbonyl (C=O) groups excluding carboxylic acids is 1. The number of hydrogen-bond donors (Lipinski definition) is 2. The Kier molecular flexibility index (Phi) is 4.67. The van der Waals surface area contributed by atoms with Crippen molar-refractivity contribution in [3.63, 3.8) is 0 Å². The Morgan fingerprint density at radius 2 is 1.83 bits per heavy atom.